The van der Waals surface area contributed by atoms with Crippen LogP contribution in [0.5, 0.6) is 0 Å². The van der Waals surface area contributed by atoms with Gasteiger partial charge in [-0.05, 0) is 18.6 Å². The van der Waals surface area contributed by atoms with Gasteiger partial charge >= 0.3 is 5.97 Å². The van der Waals surface area contributed by atoms with Crippen molar-refractivity contribution in [1.29, 1.82) is 0 Å². The van der Waals surface area contributed by atoms with E-state index in [1.165, 1.54) is 17.1 Å². The number of aromatic carboxylic acids is 1. The molecule has 3 aromatic rings. The number of fused-ring (bicyclic) bond motifs is 1. The van der Waals surface area contributed by atoms with Crippen molar-refractivity contribution in [3.05, 3.63) is 39.9 Å². The van der Waals surface area contributed by atoms with Crippen molar-refractivity contribution in [3.63, 3.8) is 0 Å². The summed E-state index contributed by atoms with van der Waals surface area (Å²) in [7, 11) is -0.859. The Kier molecular flexibility index (Phi) is 4.71. The van der Waals surface area contributed by atoms with E-state index in [0.717, 1.165) is 11.5 Å². The van der Waals surface area contributed by atoms with Crippen LogP contribution in [0.15, 0.2) is 23.4 Å². The number of carboxylic acids is 1. The Morgan fingerprint density at radius 3 is 2.79 bits per heavy atom. The highest BCUT2D eigenvalue weighted by atomic mass is 32.2. The van der Waals surface area contributed by atoms with E-state index < -0.39 is 22.2 Å². The number of rotatable bonds is 5. The SMILES string of the molecule is CCS(=O)C1CN(c2cc(C)c3c(=O)c(C(=O)O)cn(-c4ncns4)c3n2)C1. The zero-order chi connectivity index (χ0) is 20.0. The fourth-order valence-electron chi connectivity index (χ4n) is 3.24. The third-order valence-electron chi connectivity index (χ3n) is 4.76. The maximum Gasteiger partial charge on any atom is 0.341 e. The first kappa shape index (κ1) is 18.7. The minimum absolute atomic E-state index is 0.113. The van der Waals surface area contributed by atoms with E-state index in [1.807, 2.05) is 11.8 Å². The summed E-state index contributed by atoms with van der Waals surface area (Å²) in [6.45, 7) is 4.92. The molecule has 9 nitrogen and oxygen atoms in total. The molecule has 1 N–H and O–H groups in total. The van der Waals surface area contributed by atoms with E-state index >= 15 is 0 Å². The van der Waals surface area contributed by atoms with Crippen LogP contribution in [0.4, 0.5) is 5.82 Å². The number of hydrogen-bond acceptors (Lipinski definition) is 8. The van der Waals surface area contributed by atoms with Gasteiger partial charge in [-0.1, -0.05) is 6.92 Å². The molecule has 4 rings (SSSR count). The van der Waals surface area contributed by atoms with Gasteiger partial charge in [-0.15, -0.1) is 0 Å². The van der Waals surface area contributed by atoms with Crippen molar-refractivity contribution in [2.24, 2.45) is 0 Å². The summed E-state index contributed by atoms with van der Waals surface area (Å²) in [5, 5.41) is 10.2. The molecule has 0 spiro atoms. The predicted molar refractivity (Wildman–Crippen MR) is 107 cm³/mol. The largest absolute Gasteiger partial charge is 0.477 e. The number of aryl methyl sites for hydroxylation is 1. The summed E-state index contributed by atoms with van der Waals surface area (Å²) in [6.07, 6.45) is 2.61. The smallest absolute Gasteiger partial charge is 0.341 e. The second-order valence-electron chi connectivity index (χ2n) is 6.46. The van der Waals surface area contributed by atoms with Gasteiger partial charge in [0.15, 0.2) is 5.65 Å². The lowest BCUT2D eigenvalue weighted by Gasteiger charge is -2.39. The molecule has 4 heterocycles. The molecule has 1 unspecified atom stereocenters. The van der Waals surface area contributed by atoms with E-state index in [1.54, 1.807) is 13.0 Å². The number of carbonyl (C=O) groups is 1. The lowest BCUT2D eigenvalue weighted by molar-refractivity contribution is 0.0695. The molecule has 3 aromatic heterocycles. The lowest BCUT2D eigenvalue weighted by atomic mass is 10.1. The van der Waals surface area contributed by atoms with Crippen LogP contribution in [-0.2, 0) is 10.8 Å². The fraction of sp³-hybridized carbons (Fsp3) is 0.353. The highest BCUT2D eigenvalue weighted by Gasteiger charge is 2.32. The van der Waals surface area contributed by atoms with Crippen LogP contribution >= 0.6 is 11.5 Å². The first-order valence-electron chi connectivity index (χ1n) is 8.60. The lowest BCUT2D eigenvalue weighted by Crippen LogP contribution is -2.53. The average Bonchev–Trinajstić information content (AvgIpc) is 3.14. The van der Waals surface area contributed by atoms with Crippen molar-refractivity contribution in [3.8, 4) is 5.13 Å². The third kappa shape index (κ3) is 3.00. The maximum atomic E-state index is 12.7. The van der Waals surface area contributed by atoms with Crippen molar-refractivity contribution in [2.45, 2.75) is 19.1 Å². The molecule has 1 aliphatic rings. The number of hydrogen-bond donors (Lipinski definition) is 1. The van der Waals surface area contributed by atoms with E-state index in [-0.39, 0.29) is 16.2 Å². The number of anilines is 1. The molecule has 0 radical (unpaired) electrons. The molecule has 0 amide bonds. The average molecular weight is 419 g/mol. The molecule has 0 bridgehead atoms. The molecule has 0 saturated carbocycles. The van der Waals surface area contributed by atoms with Gasteiger partial charge in [0.1, 0.15) is 17.7 Å². The standard InChI is InChI=1S/C17H17N5O4S2/c1-3-28(26)10-5-21(6-10)12-4-9(2)13-14(23)11(16(24)25)7-22(15(13)20-12)17-18-8-19-27-17/h4,7-8,10H,3,5-6H2,1-2H3,(H,24,25). The predicted octanol–water partition coefficient (Wildman–Crippen LogP) is 1.20. The molecule has 1 fully saturated rings. The Morgan fingerprint density at radius 1 is 1.43 bits per heavy atom. The van der Waals surface area contributed by atoms with Crippen LogP contribution in [-0.4, -0.2) is 58.3 Å². The summed E-state index contributed by atoms with van der Waals surface area (Å²) in [6, 6.07) is 1.77. The molecule has 0 aliphatic carbocycles. The molecular weight excluding hydrogens is 402 g/mol. The topological polar surface area (TPSA) is 118 Å². The number of pyridine rings is 2. The number of carboxylic acid groups (broad SMARTS) is 1. The molecular formula is C17H17N5O4S2. The monoisotopic (exact) mass is 419 g/mol. The Hall–Kier alpha value is -2.66. The van der Waals surface area contributed by atoms with Gasteiger partial charge in [0.2, 0.25) is 10.6 Å². The second-order valence-corrected chi connectivity index (χ2v) is 9.23. The van der Waals surface area contributed by atoms with Gasteiger partial charge in [0, 0.05) is 47.4 Å². The van der Waals surface area contributed by atoms with Gasteiger partial charge < -0.3 is 10.0 Å². The van der Waals surface area contributed by atoms with Crippen LogP contribution in [0.3, 0.4) is 0 Å². The Labute approximate surface area is 166 Å². The Bertz CT molecular complexity index is 1150. The minimum atomic E-state index is -1.30. The van der Waals surface area contributed by atoms with Crippen LogP contribution < -0.4 is 10.3 Å². The van der Waals surface area contributed by atoms with Crippen LogP contribution in [0.1, 0.15) is 22.8 Å². The van der Waals surface area contributed by atoms with Crippen molar-refractivity contribution < 1.29 is 14.1 Å². The van der Waals surface area contributed by atoms with Crippen LogP contribution in [0.2, 0.25) is 0 Å². The minimum Gasteiger partial charge on any atom is -0.477 e. The van der Waals surface area contributed by atoms with Crippen molar-refractivity contribution in [1.82, 2.24) is 18.9 Å². The van der Waals surface area contributed by atoms with Crippen LogP contribution in [0.25, 0.3) is 16.2 Å². The first-order chi connectivity index (χ1) is 13.4. The maximum absolute atomic E-state index is 12.7. The fourth-order valence-corrected chi connectivity index (χ4v) is 4.91. The van der Waals surface area contributed by atoms with E-state index in [2.05, 4.69) is 14.3 Å². The zero-order valence-electron chi connectivity index (χ0n) is 15.2. The van der Waals surface area contributed by atoms with Gasteiger partial charge in [-0.2, -0.15) is 4.37 Å². The van der Waals surface area contributed by atoms with Crippen molar-refractivity contribution >= 4 is 45.2 Å². The first-order valence-corrected chi connectivity index (χ1v) is 10.8. The second kappa shape index (κ2) is 7.06. The normalized spacial score (nSPS) is 15.6. The highest BCUT2D eigenvalue weighted by molar-refractivity contribution is 7.85. The van der Waals surface area contributed by atoms with Gasteiger partial charge in [0.25, 0.3) is 0 Å². The van der Waals surface area contributed by atoms with Crippen molar-refractivity contribution in [2.75, 3.05) is 23.7 Å². The van der Waals surface area contributed by atoms with E-state index in [4.69, 9.17) is 0 Å². The highest BCUT2D eigenvalue weighted by Crippen LogP contribution is 2.27. The summed E-state index contributed by atoms with van der Waals surface area (Å²) < 4.78 is 17.4. The third-order valence-corrected chi connectivity index (χ3v) is 7.03. The molecule has 28 heavy (non-hydrogen) atoms. The van der Waals surface area contributed by atoms with E-state index in [9.17, 15) is 18.9 Å². The number of nitrogens with zero attached hydrogens (tertiary/aromatic N) is 5. The molecule has 146 valence electrons. The summed E-state index contributed by atoms with van der Waals surface area (Å²) in [5.41, 5.74) is 0.0457. The van der Waals surface area contributed by atoms with E-state index in [0.29, 0.717) is 41.0 Å². The van der Waals surface area contributed by atoms with Gasteiger partial charge in [-0.3, -0.25) is 13.6 Å². The molecule has 1 saturated heterocycles. The Balaban J connectivity index is 1.88. The zero-order valence-corrected chi connectivity index (χ0v) is 16.8. The molecule has 11 heteroatoms. The molecule has 0 aromatic carbocycles. The van der Waals surface area contributed by atoms with Crippen LogP contribution in [0, 0.1) is 6.92 Å². The Morgan fingerprint density at radius 2 is 2.18 bits per heavy atom. The summed E-state index contributed by atoms with van der Waals surface area (Å²) in [4.78, 5) is 35.1. The van der Waals surface area contributed by atoms with Gasteiger partial charge in [0.05, 0.1) is 10.6 Å². The molecule has 1 atom stereocenters. The molecule has 1 aliphatic heterocycles. The summed E-state index contributed by atoms with van der Waals surface area (Å²) in [5.74, 6) is -0.0200. The summed E-state index contributed by atoms with van der Waals surface area (Å²) >= 11 is 1.08. The number of aromatic nitrogens is 4. The van der Waals surface area contributed by atoms with Gasteiger partial charge in [-0.25, -0.2) is 14.8 Å². The quantitative estimate of drug-likeness (QED) is 0.655.